The third kappa shape index (κ3) is 4.21. The molecule has 0 heterocycles. The highest BCUT2D eigenvalue weighted by Crippen LogP contribution is 2.17. The second-order valence-corrected chi connectivity index (χ2v) is 5.53. The molecular formula is C13H17Cl2NO. The molecule has 0 atom stereocenters. The van der Waals surface area contributed by atoms with Crippen LogP contribution >= 0.6 is 23.2 Å². The van der Waals surface area contributed by atoms with Gasteiger partial charge in [-0.1, -0.05) is 11.6 Å². The average Bonchev–Trinajstić information content (AvgIpc) is 2.21. The summed E-state index contributed by atoms with van der Waals surface area (Å²) in [5.41, 5.74) is 1.22. The number of hydrogen-bond acceptors (Lipinski definition) is 1. The van der Waals surface area contributed by atoms with Crippen LogP contribution in [0.15, 0.2) is 18.2 Å². The van der Waals surface area contributed by atoms with Crippen molar-refractivity contribution in [2.45, 2.75) is 32.7 Å². The molecule has 0 unspecified atom stereocenters. The number of aryl methyl sites for hydroxylation is 1. The molecule has 2 nitrogen and oxygen atoms in total. The fraction of sp³-hybridized carbons (Fsp3) is 0.462. The Morgan fingerprint density at radius 2 is 2.06 bits per heavy atom. The Balaban J connectivity index is 2.80. The molecule has 0 aliphatic heterocycles. The maximum Gasteiger partial charge on any atom is 0.251 e. The SMILES string of the molecule is Cc1cc(C(=O)NC(C)(C)CCCl)ccc1Cl. The fourth-order valence-electron chi connectivity index (χ4n) is 1.46. The van der Waals surface area contributed by atoms with Gasteiger partial charge < -0.3 is 5.32 Å². The summed E-state index contributed by atoms with van der Waals surface area (Å²) in [6.45, 7) is 5.79. The van der Waals surface area contributed by atoms with Crippen molar-refractivity contribution in [1.29, 1.82) is 0 Å². The van der Waals surface area contributed by atoms with Gasteiger partial charge >= 0.3 is 0 Å². The predicted molar refractivity (Wildman–Crippen MR) is 73.1 cm³/mol. The van der Waals surface area contributed by atoms with Gasteiger partial charge in [0, 0.05) is 22.0 Å². The summed E-state index contributed by atoms with van der Waals surface area (Å²) < 4.78 is 0. The molecule has 0 fully saturated rings. The van der Waals surface area contributed by atoms with Crippen LogP contribution in [0.5, 0.6) is 0 Å². The molecule has 0 saturated heterocycles. The molecule has 0 radical (unpaired) electrons. The van der Waals surface area contributed by atoms with Crippen LogP contribution in [0.3, 0.4) is 0 Å². The van der Waals surface area contributed by atoms with Gasteiger partial charge in [0.25, 0.3) is 5.91 Å². The standard InChI is InChI=1S/C13H17Cl2NO/c1-9-8-10(4-5-11(9)15)12(17)16-13(2,3)6-7-14/h4-5,8H,6-7H2,1-3H3,(H,16,17). The van der Waals surface area contributed by atoms with E-state index in [1.807, 2.05) is 20.8 Å². The first-order valence-corrected chi connectivity index (χ1v) is 6.41. The van der Waals surface area contributed by atoms with E-state index in [0.717, 1.165) is 12.0 Å². The number of rotatable bonds is 4. The summed E-state index contributed by atoms with van der Waals surface area (Å²) in [6, 6.07) is 5.25. The van der Waals surface area contributed by atoms with Crippen molar-refractivity contribution >= 4 is 29.1 Å². The molecule has 94 valence electrons. The lowest BCUT2D eigenvalue weighted by Crippen LogP contribution is -2.43. The highest BCUT2D eigenvalue weighted by Gasteiger charge is 2.20. The number of alkyl halides is 1. The van der Waals surface area contributed by atoms with Gasteiger partial charge in [-0.25, -0.2) is 0 Å². The molecule has 0 bridgehead atoms. The number of nitrogens with one attached hydrogen (secondary N) is 1. The third-order valence-electron chi connectivity index (χ3n) is 2.59. The van der Waals surface area contributed by atoms with E-state index in [0.29, 0.717) is 16.5 Å². The summed E-state index contributed by atoms with van der Waals surface area (Å²) in [7, 11) is 0. The molecular weight excluding hydrogens is 257 g/mol. The second kappa shape index (κ2) is 5.74. The lowest BCUT2D eigenvalue weighted by atomic mass is 10.0. The molecule has 0 saturated carbocycles. The van der Waals surface area contributed by atoms with Gasteiger partial charge in [0.15, 0.2) is 0 Å². The van der Waals surface area contributed by atoms with Crippen LogP contribution < -0.4 is 5.32 Å². The van der Waals surface area contributed by atoms with Gasteiger partial charge in [-0.3, -0.25) is 4.79 Å². The number of benzene rings is 1. The van der Waals surface area contributed by atoms with Crippen molar-refractivity contribution in [2.24, 2.45) is 0 Å². The summed E-state index contributed by atoms with van der Waals surface area (Å²) in [6.07, 6.45) is 0.729. The Labute approximate surface area is 112 Å². The van der Waals surface area contributed by atoms with Crippen molar-refractivity contribution in [2.75, 3.05) is 5.88 Å². The highest BCUT2D eigenvalue weighted by molar-refractivity contribution is 6.31. The maximum absolute atomic E-state index is 12.0. The van der Waals surface area contributed by atoms with Crippen LogP contribution in [0.2, 0.25) is 5.02 Å². The van der Waals surface area contributed by atoms with Crippen molar-refractivity contribution in [3.8, 4) is 0 Å². The minimum atomic E-state index is -0.299. The zero-order valence-electron chi connectivity index (χ0n) is 10.3. The highest BCUT2D eigenvalue weighted by atomic mass is 35.5. The van der Waals surface area contributed by atoms with E-state index in [1.165, 1.54) is 0 Å². The van der Waals surface area contributed by atoms with E-state index in [1.54, 1.807) is 18.2 Å². The topological polar surface area (TPSA) is 29.1 Å². The third-order valence-corrected chi connectivity index (χ3v) is 3.20. The van der Waals surface area contributed by atoms with E-state index in [9.17, 15) is 4.79 Å². The normalized spacial score (nSPS) is 11.4. The summed E-state index contributed by atoms with van der Waals surface area (Å²) >= 11 is 11.6. The quantitative estimate of drug-likeness (QED) is 0.832. The van der Waals surface area contributed by atoms with Crippen LogP contribution in [0.25, 0.3) is 0 Å². The molecule has 0 aliphatic carbocycles. The molecule has 0 aromatic heterocycles. The number of halogens is 2. The van der Waals surface area contributed by atoms with Crippen molar-refractivity contribution in [3.63, 3.8) is 0 Å². The Bertz CT molecular complexity index is 416. The lowest BCUT2D eigenvalue weighted by Gasteiger charge is -2.25. The Morgan fingerprint density at radius 1 is 1.41 bits per heavy atom. The minimum Gasteiger partial charge on any atom is -0.347 e. The van der Waals surface area contributed by atoms with Crippen molar-refractivity contribution < 1.29 is 4.79 Å². The monoisotopic (exact) mass is 273 g/mol. The van der Waals surface area contributed by atoms with Crippen molar-refractivity contribution in [1.82, 2.24) is 5.32 Å². The first kappa shape index (κ1) is 14.3. The molecule has 1 N–H and O–H groups in total. The molecule has 1 amide bonds. The van der Waals surface area contributed by atoms with Crippen LogP contribution in [0, 0.1) is 6.92 Å². The number of carbonyl (C=O) groups is 1. The first-order chi connectivity index (χ1) is 7.85. The van der Waals surface area contributed by atoms with Gasteiger partial charge in [0.2, 0.25) is 0 Å². The Kier molecular flexibility index (Phi) is 4.84. The Hall–Kier alpha value is -0.730. The lowest BCUT2D eigenvalue weighted by molar-refractivity contribution is 0.0911. The van der Waals surface area contributed by atoms with Crippen LogP contribution in [0.1, 0.15) is 36.2 Å². The Morgan fingerprint density at radius 3 is 2.59 bits per heavy atom. The smallest absolute Gasteiger partial charge is 0.251 e. The zero-order chi connectivity index (χ0) is 13.1. The molecule has 1 rings (SSSR count). The maximum atomic E-state index is 12.0. The van der Waals surface area contributed by atoms with E-state index >= 15 is 0 Å². The van der Waals surface area contributed by atoms with Crippen LogP contribution in [-0.4, -0.2) is 17.3 Å². The number of amides is 1. The van der Waals surface area contributed by atoms with E-state index in [2.05, 4.69) is 5.32 Å². The summed E-state index contributed by atoms with van der Waals surface area (Å²) in [5, 5.41) is 3.62. The predicted octanol–water partition coefficient (Wildman–Crippen LogP) is 3.79. The van der Waals surface area contributed by atoms with Gasteiger partial charge in [0.1, 0.15) is 0 Å². The zero-order valence-corrected chi connectivity index (χ0v) is 11.8. The average molecular weight is 274 g/mol. The first-order valence-electron chi connectivity index (χ1n) is 5.50. The van der Waals surface area contributed by atoms with E-state index in [-0.39, 0.29) is 11.4 Å². The molecule has 1 aromatic carbocycles. The van der Waals surface area contributed by atoms with Gasteiger partial charge in [0.05, 0.1) is 0 Å². The van der Waals surface area contributed by atoms with Gasteiger partial charge in [-0.15, -0.1) is 11.6 Å². The van der Waals surface area contributed by atoms with Crippen LogP contribution in [0.4, 0.5) is 0 Å². The van der Waals surface area contributed by atoms with Crippen molar-refractivity contribution in [3.05, 3.63) is 34.3 Å². The number of carbonyl (C=O) groups excluding carboxylic acids is 1. The summed E-state index contributed by atoms with van der Waals surface area (Å²) in [5.74, 6) is 0.423. The largest absolute Gasteiger partial charge is 0.347 e. The molecule has 0 spiro atoms. The van der Waals surface area contributed by atoms with E-state index in [4.69, 9.17) is 23.2 Å². The molecule has 1 aromatic rings. The fourth-order valence-corrected chi connectivity index (χ4v) is 2.05. The molecule has 17 heavy (non-hydrogen) atoms. The van der Waals surface area contributed by atoms with Gasteiger partial charge in [-0.05, 0) is 51.0 Å². The molecule has 4 heteroatoms. The van der Waals surface area contributed by atoms with Crippen LogP contribution in [-0.2, 0) is 0 Å². The summed E-state index contributed by atoms with van der Waals surface area (Å²) in [4.78, 5) is 12.0. The van der Waals surface area contributed by atoms with E-state index < -0.39 is 0 Å². The minimum absolute atomic E-state index is 0.0973. The second-order valence-electron chi connectivity index (χ2n) is 4.74. The molecule has 0 aliphatic rings. The number of hydrogen-bond donors (Lipinski definition) is 1. The van der Waals surface area contributed by atoms with Gasteiger partial charge in [-0.2, -0.15) is 0 Å².